The lowest BCUT2D eigenvalue weighted by molar-refractivity contribution is 0.877. The molecule has 10 heavy (non-hydrogen) atoms. The third kappa shape index (κ3) is 4.89. The Hall–Kier alpha value is 0.0500. The fourth-order valence-corrected chi connectivity index (χ4v) is 1.49. The van der Waals surface area contributed by atoms with Gasteiger partial charge >= 0.3 is 0 Å². The number of nitrogens with two attached hydrogens (primary N) is 1. The molecule has 0 amide bonds. The van der Waals surface area contributed by atoms with E-state index in [0.717, 1.165) is 11.3 Å². The lowest BCUT2D eigenvalue weighted by Gasteiger charge is -2.09. The van der Waals surface area contributed by atoms with Gasteiger partial charge in [-0.25, -0.2) is 0 Å². The van der Waals surface area contributed by atoms with Crippen molar-refractivity contribution < 1.29 is 0 Å². The van der Waals surface area contributed by atoms with Crippen molar-refractivity contribution in [2.75, 3.05) is 11.5 Å². The molecular weight excluding hydrogens is 142 g/mol. The highest BCUT2D eigenvalue weighted by molar-refractivity contribution is 7.99. The Kier molecular flexibility index (Phi) is 5.84. The number of rotatable bonds is 5. The van der Waals surface area contributed by atoms with E-state index in [1.807, 2.05) is 18.7 Å². The smallest absolute Gasteiger partial charge is 0.0340 e. The molecule has 2 N–H and O–H groups in total. The summed E-state index contributed by atoms with van der Waals surface area (Å²) >= 11 is 1.90. The van der Waals surface area contributed by atoms with Gasteiger partial charge in [0.15, 0.2) is 0 Å². The maximum absolute atomic E-state index is 5.74. The number of thioether (sulfide) groups is 1. The van der Waals surface area contributed by atoms with E-state index in [1.54, 1.807) is 0 Å². The summed E-state index contributed by atoms with van der Waals surface area (Å²) in [5.41, 5.74) is 6.82. The van der Waals surface area contributed by atoms with Gasteiger partial charge in [0.05, 0.1) is 0 Å². The topological polar surface area (TPSA) is 26.0 Å². The minimum Gasteiger partial charge on any atom is -0.324 e. The summed E-state index contributed by atoms with van der Waals surface area (Å²) in [5, 5.41) is 0. The molecule has 2 heteroatoms. The third-order valence-electron chi connectivity index (χ3n) is 1.28. The SMILES string of the molecule is C=C(C)C(N)CSCCC. The summed E-state index contributed by atoms with van der Waals surface area (Å²) in [4.78, 5) is 0. The second-order valence-electron chi connectivity index (χ2n) is 2.53. The normalized spacial score (nSPS) is 13.1. The third-order valence-corrected chi connectivity index (χ3v) is 2.57. The van der Waals surface area contributed by atoms with Crippen molar-refractivity contribution in [1.82, 2.24) is 0 Å². The molecule has 0 bridgehead atoms. The van der Waals surface area contributed by atoms with Crippen molar-refractivity contribution in [1.29, 1.82) is 0 Å². The monoisotopic (exact) mass is 159 g/mol. The van der Waals surface area contributed by atoms with Gasteiger partial charge in [-0.15, -0.1) is 0 Å². The van der Waals surface area contributed by atoms with Crippen LogP contribution in [0.5, 0.6) is 0 Å². The van der Waals surface area contributed by atoms with Crippen molar-refractivity contribution in [2.45, 2.75) is 26.3 Å². The van der Waals surface area contributed by atoms with Crippen LogP contribution in [0.4, 0.5) is 0 Å². The molecule has 0 saturated heterocycles. The van der Waals surface area contributed by atoms with Gasteiger partial charge in [-0.3, -0.25) is 0 Å². The molecule has 0 aromatic heterocycles. The molecule has 1 nitrogen and oxygen atoms in total. The van der Waals surface area contributed by atoms with Crippen molar-refractivity contribution in [3.05, 3.63) is 12.2 Å². The summed E-state index contributed by atoms with van der Waals surface area (Å²) in [5.74, 6) is 2.23. The second kappa shape index (κ2) is 5.81. The van der Waals surface area contributed by atoms with Crippen LogP contribution in [0.2, 0.25) is 0 Å². The Bertz CT molecular complexity index is 101. The largest absolute Gasteiger partial charge is 0.324 e. The average Bonchev–Trinajstić information content (AvgIpc) is 1.88. The fraction of sp³-hybridized carbons (Fsp3) is 0.750. The zero-order chi connectivity index (χ0) is 7.98. The van der Waals surface area contributed by atoms with Gasteiger partial charge in [-0.05, 0) is 19.1 Å². The maximum atomic E-state index is 5.74. The summed E-state index contributed by atoms with van der Waals surface area (Å²) < 4.78 is 0. The van der Waals surface area contributed by atoms with Crippen LogP contribution in [-0.4, -0.2) is 17.5 Å². The Morgan fingerprint density at radius 2 is 2.30 bits per heavy atom. The summed E-state index contributed by atoms with van der Waals surface area (Å²) in [7, 11) is 0. The van der Waals surface area contributed by atoms with Crippen LogP contribution in [-0.2, 0) is 0 Å². The summed E-state index contributed by atoms with van der Waals surface area (Å²) in [6, 6.07) is 0.191. The average molecular weight is 159 g/mol. The van der Waals surface area contributed by atoms with Crippen molar-refractivity contribution in [3.8, 4) is 0 Å². The predicted octanol–water partition coefficient (Wildman–Crippen LogP) is 2.03. The minimum absolute atomic E-state index is 0.191. The van der Waals surface area contributed by atoms with E-state index in [2.05, 4.69) is 13.5 Å². The van der Waals surface area contributed by atoms with Crippen molar-refractivity contribution >= 4 is 11.8 Å². The molecule has 0 aliphatic heterocycles. The first-order chi connectivity index (χ1) is 4.68. The second-order valence-corrected chi connectivity index (χ2v) is 3.68. The van der Waals surface area contributed by atoms with Crippen LogP contribution in [0.15, 0.2) is 12.2 Å². The van der Waals surface area contributed by atoms with Gasteiger partial charge in [-0.2, -0.15) is 11.8 Å². The highest BCUT2D eigenvalue weighted by Gasteiger charge is 2.00. The maximum Gasteiger partial charge on any atom is 0.0340 e. The standard InChI is InChI=1S/C8H17NS/c1-4-5-10-6-8(9)7(2)3/h8H,2,4-6,9H2,1,3H3. The van der Waals surface area contributed by atoms with Gasteiger partial charge in [0.2, 0.25) is 0 Å². The Morgan fingerprint density at radius 1 is 1.70 bits per heavy atom. The molecule has 0 radical (unpaired) electrons. The fourth-order valence-electron chi connectivity index (χ4n) is 0.497. The highest BCUT2D eigenvalue weighted by Crippen LogP contribution is 2.06. The van der Waals surface area contributed by atoms with Crippen LogP contribution < -0.4 is 5.73 Å². The molecule has 1 unspecified atom stereocenters. The first kappa shape index (κ1) is 10.0. The van der Waals surface area contributed by atoms with Crippen LogP contribution >= 0.6 is 11.8 Å². The molecule has 0 aromatic rings. The molecule has 0 spiro atoms. The molecule has 0 aliphatic carbocycles. The zero-order valence-corrected chi connectivity index (χ0v) is 7.71. The van der Waals surface area contributed by atoms with E-state index in [9.17, 15) is 0 Å². The Morgan fingerprint density at radius 3 is 2.70 bits per heavy atom. The van der Waals surface area contributed by atoms with Crippen molar-refractivity contribution in [2.24, 2.45) is 5.73 Å². The van der Waals surface area contributed by atoms with Crippen LogP contribution in [0.25, 0.3) is 0 Å². The van der Waals surface area contributed by atoms with E-state index in [0.29, 0.717) is 0 Å². The van der Waals surface area contributed by atoms with Crippen molar-refractivity contribution in [3.63, 3.8) is 0 Å². The molecule has 0 aromatic carbocycles. The molecular formula is C8H17NS. The molecule has 1 atom stereocenters. The van der Waals surface area contributed by atoms with Crippen LogP contribution in [0.1, 0.15) is 20.3 Å². The van der Waals surface area contributed by atoms with Gasteiger partial charge in [0.1, 0.15) is 0 Å². The predicted molar refractivity (Wildman–Crippen MR) is 50.4 cm³/mol. The summed E-state index contributed by atoms with van der Waals surface area (Å²) in [6.45, 7) is 7.96. The summed E-state index contributed by atoms with van der Waals surface area (Å²) in [6.07, 6.45) is 1.23. The molecule has 0 rings (SSSR count). The van der Waals surface area contributed by atoms with Crippen LogP contribution in [0.3, 0.4) is 0 Å². The minimum atomic E-state index is 0.191. The molecule has 0 aliphatic rings. The van der Waals surface area contributed by atoms with E-state index >= 15 is 0 Å². The molecule has 0 fully saturated rings. The first-order valence-corrected chi connectivity index (χ1v) is 4.82. The molecule has 0 heterocycles. The quantitative estimate of drug-likeness (QED) is 0.490. The Balaban J connectivity index is 3.21. The van der Waals surface area contributed by atoms with Gasteiger partial charge in [0, 0.05) is 11.8 Å². The first-order valence-electron chi connectivity index (χ1n) is 3.67. The number of hydrogen-bond donors (Lipinski definition) is 1. The Labute approximate surface area is 68.1 Å². The lowest BCUT2D eigenvalue weighted by Crippen LogP contribution is -2.23. The number of hydrogen-bond acceptors (Lipinski definition) is 2. The molecule has 60 valence electrons. The van der Waals surface area contributed by atoms with E-state index in [1.165, 1.54) is 12.2 Å². The van der Waals surface area contributed by atoms with Gasteiger partial charge in [0.25, 0.3) is 0 Å². The zero-order valence-electron chi connectivity index (χ0n) is 6.89. The molecule has 0 saturated carbocycles. The van der Waals surface area contributed by atoms with Crippen LogP contribution in [0, 0.1) is 0 Å². The van der Waals surface area contributed by atoms with E-state index < -0.39 is 0 Å². The highest BCUT2D eigenvalue weighted by atomic mass is 32.2. The van der Waals surface area contributed by atoms with Gasteiger partial charge in [-0.1, -0.05) is 19.1 Å². The van der Waals surface area contributed by atoms with Gasteiger partial charge < -0.3 is 5.73 Å². The van der Waals surface area contributed by atoms with E-state index in [4.69, 9.17) is 5.73 Å². The van der Waals surface area contributed by atoms with E-state index in [-0.39, 0.29) is 6.04 Å². The lowest BCUT2D eigenvalue weighted by atomic mass is 10.2.